The standard InChI is InChI=1S/C16H19NO2S/c1-11(16-4-3-9-20-16)17-14-7-8-19-15-6-5-12(18-2)10-13(14)15/h3-6,9-11,14,17H,7-8H2,1-2H3/t11-,14?/m0/s1. The Hall–Kier alpha value is -1.52. The molecule has 2 aromatic rings. The normalized spacial score (nSPS) is 19.0. The Kier molecular flexibility index (Phi) is 3.94. The molecule has 1 aromatic carbocycles. The van der Waals surface area contributed by atoms with Gasteiger partial charge >= 0.3 is 0 Å². The molecule has 0 aliphatic carbocycles. The predicted molar refractivity (Wildman–Crippen MR) is 81.7 cm³/mol. The van der Waals surface area contributed by atoms with Gasteiger partial charge in [-0.1, -0.05) is 6.07 Å². The van der Waals surface area contributed by atoms with E-state index in [9.17, 15) is 0 Å². The number of fused-ring (bicyclic) bond motifs is 1. The van der Waals surface area contributed by atoms with Gasteiger partial charge in [0, 0.05) is 28.9 Å². The zero-order valence-corrected chi connectivity index (χ0v) is 12.6. The van der Waals surface area contributed by atoms with Crippen molar-refractivity contribution in [3.05, 3.63) is 46.2 Å². The Labute approximate surface area is 123 Å². The number of hydrogen-bond donors (Lipinski definition) is 1. The molecule has 0 saturated heterocycles. The van der Waals surface area contributed by atoms with Crippen LogP contribution in [0.5, 0.6) is 11.5 Å². The van der Waals surface area contributed by atoms with E-state index < -0.39 is 0 Å². The van der Waals surface area contributed by atoms with Gasteiger partial charge in [-0.05, 0) is 36.6 Å². The van der Waals surface area contributed by atoms with Crippen molar-refractivity contribution in [3.8, 4) is 11.5 Å². The van der Waals surface area contributed by atoms with Gasteiger partial charge in [-0.3, -0.25) is 0 Å². The lowest BCUT2D eigenvalue weighted by atomic mass is 9.99. The van der Waals surface area contributed by atoms with Crippen molar-refractivity contribution in [2.45, 2.75) is 25.4 Å². The van der Waals surface area contributed by atoms with E-state index in [1.165, 1.54) is 10.4 Å². The molecule has 1 aromatic heterocycles. The maximum Gasteiger partial charge on any atom is 0.124 e. The monoisotopic (exact) mass is 289 g/mol. The maximum atomic E-state index is 5.73. The highest BCUT2D eigenvalue weighted by Crippen LogP contribution is 2.36. The molecule has 0 fully saturated rings. The molecule has 3 nitrogen and oxygen atoms in total. The molecule has 4 heteroatoms. The SMILES string of the molecule is COc1ccc2c(c1)C(N[C@@H](C)c1cccs1)CCO2. The van der Waals surface area contributed by atoms with E-state index in [2.05, 4.69) is 35.8 Å². The highest BCUT2D eigenvalue weighted by Gasteiger charge is 2.23. The summed E-state index contributed by atoms with van der Waals surface area (Å²) in [6, 6.07) is 10.9. The second-order valence-electron chi connectivity index (χ2n) is 5.00. The molecule has 106 valence electrons. The van der Waals surface area contributed by atoms with Gasteiger partial charge in [0.1, 0.15) is 11.5 Å². The third-order valence-corrected chi connectivity index (χ3v) is 4.73. The number of rotatable bonds is 4. The summed E-state index contributed by atoms with van der Waals surface area (Å²) in [5, 5.41) is 5.82. The molecule has 20 heavy (non-hydrogen) atoms. The third-order valence-electron chi connectivity index (χ3n) is 3.68. The van der Waals surface area contributed by atoms with Gasteiger partial charge in [0.2, 0.25) is 0 Å². The lowest BCUT2D eigenvalue weighted by Crippen LogP contribution is -2.29. The van der Waals surface area contributed by atoms with Gasteiger partial charge in [-0.2, -0.15) is 0 Å². The third kappa shape index (κ3) is 2.67. The number of hydrogen-bond acceptors (Lipinski definition) is 4. The van der Waals surface area contributed by atoms with Gasteiger partial charge in [-0.25, -0.2) is 0 Å². The summed E-state index contributed by atoms with van der Waals surface area (Å²) in [6.07, 6.45) is 0.982. The molecule has 1 unspecified atom stereocenters. The Morgan fingerprint density at radius 2 is 2.30 bits per heavy atom. The minimum Gasteiger partial charge on any atom is -0.497 e. The Morgan fingerprint density at radius 1 is 1.40 bits per heavy atom. The fourth-order valence-electron chi connectivity index (χ4n) is 2.59. The maximum absolute atomic E-state index is 5.73. The molecule has 1 aliphatic rings. The van der Waals surface area contributed by atoms with E-state index in [4.69, 9.17) is 9.47 Å². The first kappa shape index (κ1) is 13.5. The average Bonchev–Trinajstić information content (AvgIpc) is 3.01. The van der Waals surface area contributed by atoms with Crippen LogP contribution in [0, 0.1) is 0 Å². The van der Waals surface area contributed by atoms with Crippen LogP contribution in [0.2, 0.25) is 0 Å². The van der Waals surface area contributed by atoms with Crippen LogP contribution in [0.15, 0.2) is 35.7 Å². The summed E-state index contributed by atoms with van der Waals surface area (Å²) >= 11 is 1.79. The molecule has 0 radical (unpaired) electrons. The van der Waals surface area contributed by atoms with Crippen LogP contribution in [0.1, 0.15) is 35.9 Å². The first-order valence-electron chi connectivity index (χ1n) is 6.88. The van der Waals surface area contributed by atoms with Crippen LogP contribution < -0.4 is 14.8 Å². The summed E-state index contributed by atoms with van der Waals surface area (Å²) in [5.41, 5.74) is 1.19. The molecule has 0 saturated carbocycles. The smallest absolute Gasteiger partial charge is 0.124 e. The van der Waals surface area contributed by atoms with E-state index in [1.807, 2.05) is 12.1 Å². The number of methoxy groups -OCH3 is 1. The molecule has 0 bridgehead atoms. The number of benzene rings is 1. The minimum atomic E-state index is 0.311. The molecule has 2 atom stereocenters. The van der Waals surface area contributed by atoms with Crippen molar-refractivity contribution < 1.29 is 9.47 Å². The van der Waals surface area contributed by atoms with Crippen molar-refractivity contribution in [1.29, 1.82) is 0 Å². The summed E-state index contributed by atoms with van der Waals surface area (Å²) < 4.78 is 11.1. The second kappa shape index (κ2) is 5.85. The molecular formula is C16H19NO2S. The second-order valence-corrected chi connectivity index (χ2v) is 5.98. The van der Waals surface area contributed by atoms with Crippen molar-refractivity contribution in [1.82, 2.24) is 5.32 Å². The molecule has 1 aliphatic heterocycles. The average molecular weight is 289 g/mol. The summed E-state index contributed by atoms with van der Waals surface area (Å²) in [5.74, 6) is 1.85. The van der Waals surface area contributed by atoms with Crippen LogP contribution in [-0.2, 0) is 0 Å². The van der Waals surface area contributed by atoms with E-state index in [-0.39, 0.29) is 0 Å². The van der Waals surface area contributed by atoms with E-state index in [1.54, 1.807) is 18.4 Å². The van der Waals surface area contributed by atoms with Crippen LogP contribution >= 0.6 is 11.3 Å². The van der Waals surface area contributed by atoms with Gasteiger partial charge in [-0.15, -0.1) is 11.3 Å². The lowest BCUT2D eigenvalue weighted by molar-refractivity contribution is 0.245. The summed E-state index contributed by atoms with van der Waals surface area (Å²) in [4.78, 5) is 1.36. The largest absolute Gasteiger partial charge is 0.497 e. The highest BCUT2D eigenvalue weighted by atomic mass is 32.1. The Morgan fingerprint density at radius 3 is 3.05 bits per heavy atom. The quantitative estimate of drug-likeness (QED) is 0.925. The summed E-state index contributed by atoms with van der Waals surface area (Å²) in [6.45, 7) is 2.97. The predicted octanol–water partition coefficient (Wildman–Crippen LogP) is 3.93. The first-order valence-corrected chi connectivity index (χ1v) is 7.76. The number of nitrogens with one attached hydrogen (secondary N) is 1. The lowest BCUT2D eigenvalue weighted by Gasteiger charge is -2.29. The zero-order chi connectivity index (χ0) is 13.9. The Bertz CT molecular complexity index is 568. The molecule has 0 spiro atoms. The zero-order valence-electron chi connectivity index (χ0n) is 11.8. The fraction of sp³-hybridized carbons (Fsp3) is 0.375. The molecule has 0 amide bonds. The van der Waals surface area contributed by atoms with Crippen LogP contribution in [-0.4, -0.2) is 13.7 Å². The van der Waals surface area contributed by atoms with E-state index in [0.29, 0.717) is 12.1 Å². The van der Waals surface area contributed by atoms with E-state index in [0.717, 1.165) is 24.5 Å². The number of ether oxygens (including phenoxy) is 2. The van der Waals surface area contributed by atoms with Crippen LogP contribution in [0.3, 0.4) is 0 Å². The van der Waals surface area contributed by atoms with Gasteiger partial charge in [0.05, 0.1) is 13.7 Å². The molecule has 3 rings (SSSR count). The van der Waals surface area contributed by atoms with Gasteiger partial charge in [0.25, 0.3) is 0 Å². The van der Waals surface area contributed by atoms with Crippen LogP contribution in [0.4, 0.5) is 0 Å². The van der Waals surface area contributed by atoms with Crippen molar-refractivity contribution in [2.75, 3.05) is 13.7 Å². The highest BCUT2D eigenvalue weighted by molar-refractivity contribution is 7.10. The number of thiophene rings is 1. The topological polar surface area (TPSA) is 30.5 Å². The molecular weight excluding hydrogens is 270 g/mol. The van der Waals surface area contributed by atoms with Crippen molar-refractivity contribution in [3.63, 3.8) is 0 Å². The summed E-state index contributed by atoms with van der Waals surface area (Å²) in [7, 11) is 1.70. The molecule has 1 N–H and O–H groups in total. The van der Waals surface area contributed by atoms with Crippen molar-refractivity contribution in [2.24, 2.45) is 0 Å². The fourth-order valence-corrected chi connectivity index (χ4v) is 3.34. The van der Waals surface area contributed by atoms with E-state index >= 15 is 0 Å². The van der Waals surface area contributed by atoms with Crippen LogP contribution in [0.25, 0.3) is 0 Å². The Balaban J connectivity index is 1.82. The van der Waals surface area contributed by atoms with Crippen molar-refractivity contribution >= 4 is 11.3 Å². The van der Waals surface area contributed by atoms with Gasteiger partial charge < -0.3 is 14.8 Å². The first-order chi connectivity index (χ1) is 9.78. The van der Waals surface area contributed by atoms with Gasteiger partial charge in [0.15, 0.2) is 0 Å². The minimum absolute atomic E-state index is 0.311. The molecule has 2 heterocycles.